The molecule has 0 aromatic rings. The third-order valence-corrected chi connectivity index (χ3v) is 0. The first-order valence-corrected chi connectivity index (χ1v) is 2.60. The van der Waals surface area contributed by atoms with Crippen LogP contribution < -0.4 is 22.9 Å². The molecule has 0 aromatic carbocycles. The van der Waals surface area contributed by atoms with Crippen molar-refractivity contribution in [3.05, 3.63) is 0 Å². The summed E-state index contributed by atoms with van der Waals surface area (Å²) in [5.41, 5.74) is 18.8. The second-order valence-electron chi connectivity index (χ2n) is 2.45. The van der Waals surface area contributed by atoms with Gasteiger partial charge in [-0.05, 0) is 13.8 Å². The van der Waals surface area contributed by atoms with Gasteiger partial charge in [0.25, 0.3) is 0 Å². The minimum Gasteiger partial charge on any atom is -0.364 e. The molecule has 0 saturated heterocycles. The van der Waals surface area contributed by atoms with Crippen molar-refractivity contribution in [1.82, 2.24) is 0 Å². The molecule has 0 rings (SSSR count). The van der Waals surface area contributed by atoms with E-state index in [-0.39, 0.29) is 16.5 Å². The molecule has 11 heavy (non-hydrogen) atoms. The zero-order chi connectivity index (χ0) is 9.00. The van der Waals surface area contributed by atoms with E-state index >= 15 is 0 Å². The fourth-order valence-corrected chi connectivity index (χ4v) is 0. The van der Waals surface area contributed by atoms with Crippen LogP contribution in [0.25, 0.3) is 0 Å². The molecule has 0 saturated carbocycles. The summed E-state index contributed by atoms with van der Waals surface area (Å²) < 4.78 is 0. The Morgan fingerprint density at radius 2 is 0.818 bits per heavy atom. The van der Waals surface area contributed by atoms with E-state index in [1.807, 2.05) is 0 Å². The van der Waals surface area contributed by atoms with E-state index in [2.05, 4.69) is 22.9 Å². The predicted octanol–water partition coefficient (Wildman–Crippen LogP) is -2.86. The van der Waals surface area contributed by atoms with Gasteiger partial charge in [0.05, 0.1) is 0 Å². The Kier molecular flexibility index (Phi) is 9.23. The summed E-state index contributed by atoms with van der Waals surface area (Å²) in [6, 6.07) is 0. The number of hydrogen-bond acceptors (Lipinski definition) is 6. The van der Waals surface area contributed by atoms with Gasteiger partial charge in [0.2, 0.25) is 0 Å². The Balaban J connectivity index is -0.000000107. The summed E-state index contributed by atoms with van der Waals surface area (Å²) in [5, 5.41) is 16.2. The van der Waals surface area contributed by atoms with Crippen LogP contribution in [0.15, 0.2) is 0 Å². The molecule has 0 spiro atoms. The monoisotopic (exact) mass is 210 g/mol. The first kappa shape index (κ1) is 17.4. The van der Waals surface area contributed by atoms with Crippen LogP contribution in [0.1, 0.15) is 13.8 Å². The third-order valence-electron chi connectivity index (χ3n) is 0. The van der Waals surface area contributed by atoms with Crippen molar-refractivity contribution in [2.75, 3.05) is 0 Å². The summed E-state index contributed by atoms with van der Waals surface area (Å²) in [4.78, 5) is 0. The molecular weight excluding hydrogens is 195 g/mol. The van der Waals surface area contributed by atoms with Gasteiger partial charge in [-0.25, -0.2) is 0 Å². The molecule has 7 heteroatoms. The van der Waals surface area contributed by atoms with E-state index < -0.39 is 11.7 Å². The van der Waals surface area contributed by atoms with Crippen LogP contribution in [0.2, 0.25) is 0 Å². The maximum atomic E-state index is 8.08. The maximum Gasteiger partial charge on any atom is 0.163 e. The summed E-state index contributed by atoms with van der Waals surface area (Å²) in [5.74, 6) is -3.00. The van der Waals surface area contributed by atoms with E-state index in [0.29, 0.717) is 0 Å². The summed E-state index contributed by atoms with van der Waals surface area (Å²) >= 11 is 0. The molecular formula is C4H16N4NiO2. The van der Waals surface area contributed by atoms with Gasteiger partial charge in [0, 0.05) is 16.5 Å². The first-order chi connectivity index (χ1) is 4.00. The van der Waals surface area contributed by atoms with Crippen LogP contribution in [0.4, 0.5) is 0 Å². The average Bonchev–Trinajstić information content (AvgIpc) is 1.12. The largest absolute Gasteiger partial charge is 0.364 e. The molecule has 0 amide bonds. The van der Waals surface area contributed by atoms with Crippen LogP contribution in [-0.2, 0) is 16.5 Å². The number of hydrogen-bond donors (Lipinski definition) is 6. The van der Waals surface area contributed by atoms with E-state index in [9.17, 15) is 0 Å². The van der Waals surface area contributed by atoms with Crippen LogP contribution in [0.3, 0.4) is 0 Å². The van der Waals surface area contributed by atoms with Gasteiger partial charge in [0.1, 0.15) is 0 Å². The molecule has 0 aliphatic carbocycles. The number of aliphatic hydroxyl groups is 2. The van der Waals surface area contributed by atoms with Crippen molar-refractivity contribution in [2.24, 2.45) is 22.9 Å². The second kappa shape index (κ2) is 5.85. The van der Waals surface area contributed by atoms with Crippen molar-refractivity contribution in [1.29, 1.82) is 0 Å². The molecule has 6 nitrogen and oxygen atoms in total. The molecule has 0 heterocycles. The Morgan fingerprint density at radius 1 is 0.818 bits per heavy atom. The van der Waals surface area contributed by atoms with Gasteiger partial charge in [-0.15, -0.1) is 0 Å². The van der Waals surface area contributed by atoms with Crippen LogP contribution in [0, 0.1) is 0 Å². The summed E-state index contributed by atoms with van der Waals surface area (Å²) in [7, 11) is 0. The van der Waals surface area contributed by atoms with E-state index in [1.54, 1.807) is 0 Å². The molecule has 0 bridgehead atoms. The van der Waals surface area contributed by atoms with Gasteiger partial charge in [-0.2, -0.15) is 0 Å². The second-order valence-corrected chi connectivity index (χ2v) is 2.45. The van der Waals surface area contributed by atoms with Crippen molar-refractivity contribution < 1.29 is 26.7 Å². The van der Waals surface area contributed by atoms with Gasteiger partial charge in [-0.3, -0.25) is 22.9 Å². The third kappa shape index (κ3) is 10900. The van der Waals surface area contributed by atoms with Crippen molar-refractivity contribution in [3.63, 3.8) is 0 Å². The number of nitrogens with two attached hydrogens (primary N) is 4. The molecule has 0 aromatic heterocycles. The average molecular weight is 211 g/mol. The normalized spacial score (nSPS) is 10.9. The molecule has 0 aliphatic heterocycles. The van der Waals surface area contributed by atoms with Crippen molar-refractivity contribution >= 4 is 0 Å². The van der Waals surface area contributed by atoms with Gasteiger partial charge in [0.15, 0.2) is 11.7 Å². The van der Waals surface area contributed by atoms with E-state index in [0.717, 1.165) is 0 Å². The molecule has 0 atom stereocenters. The zero-order valence-electron chi connectivity index (χ0n) is 6.52. The van der Waals surface area contributed by atoms with Crippen LogP contribution >= 0.6 is 0 Å². The van der Waals surface area contributed by atoms with Crippen LogP contribution in [-0.4, -0.2) is 21.9 Å². The molecule has 0 aliphatic rings. The first-order valence-electron chi connectivity index (χ1n) is 2.60. The topological polar surface area (TPSA) is 145 Å². The smallest absolute Gasteiger partial charge is 0.163 e. The summed E-state index contributed by atoms with van der Waals surface area (Å²) in [6.45, 7) is 2.60. The zero-order valence-corrected chi connectivity index (χ0v) is 7.51. The van der Waals surface area contributed by atoms with Crippen molar-refractivity contribution in [2.45, 2.75) is 25.5 Å². The van der Waals surface area contributed by atoms with Crippen LogP contribution in [0.5, 0.6) is 0 Å². The summed E-state index contributed by atoms with van der Waals surface area (Å²) in [6.07, 6.45) is 0. The fourth-order valence-electron chi connectivity index (χ4n) is 0. The molecule has 0 unspecified atom stereocenters. The quantitative estimate of drug-likeness (QED) is 0.187. The Bertz CT molecular complexity index is 63.1. The molecule has 10 N–H and O–H groups in total. The SMILES string of the molecule is CC(N)(N)O.CC(N)(N)O.[Ni]. The maximum absolute atomic E-state index is 8.08. The fraction of sp³-hybridized carbons (Fsp3) is 1.00. The number of rotatable bonds is 0. The standard InChI is InChI=1S/2C2H8N2O.Ni/c2*1-2(3,4)5;/h2*5H,3-4H2,1H3;. The van der Waals surface area contributed by atoms with Gasteiger partial charge in [-0.1, -0.05) is 0 Å². The Hall–Kier alpha value is 0.254. The van der Waals surface area contributed by atoms with Gasteiger partial charge < -0.3 is 10.2 Å². The van der Waals surface area contributed by atoms with Gasteiger partial charge >= 0.3 is 0 Å². The predicted molar refractivity (Wildman–Crippen MR) is 38.0 cm³/mol. The Morgan fingerprint density at radius 3 is 0.818 bits per heavy atom. The Labute approximate surface area is 75.8 Å². The van der Waals surface area contributed by atoms with E-state index in [4.69, 9.17) is 10.2 Å². The molecule has 0 radical (unpaired) electrons. The minimum absolute atomic E-state index is 0. The molecule has 0 fully saturated rings. The van der Waals surface area contributed by atoms with E-state index in [1.165, 1.54) is 13.8 Å². The molecule has 74 valence electrons. The van der Waals surface area contributed by atoms with Crippen molar-refractivity contribution in [3.8, 4) is 0 Å². The minimum atomic E-state index is -1.50.